The summed E-state index contributed by atoms with van der Waals surface area (Å²) in [4.78, 5) is 0. The van der Waals surface area contributed by atoms with Crippen molar-refractivity contribution in [1.29, 1.82) is 5.26 Å². The summed E-state index contributed by atoms with van der Waals surface area (Å²) in [5, 5.41) is 9.00. The smallest absolute Gasteiger partial charge is 0.211 e. The molecule has 30 heavy (non-hydrogen) atoms. The van der Waals surface area contributed by atoms with E-state index in [4.69, 9.17) is 21.6 Å². The van der Waals surface area contributed by atoms with Gasteiger partial charge in [-0.25, -0.2) is 12.7 Å². The molecule has 1 fully saturated rings. The highest BCUT2D eigenvalue weighted by molar-refractivity contribution is 7.88. The van der Waals surface area contributed by atoms with Crippen LogP contribution in [0.25, 0.3) is 0 Å². The molecule has 1 atom stereocenters. The van der Waals surface area contributed by atoms with Crippen LogP contribution in [0, 0.1) is 30.1 Å². The minimum Gasteiger partial charge on any atom is -0.470 e. The summed E-state index contributed by atoms with van der Waals surface area (Å²) in [6.45, 7) is 9.75. The van der Waals surface area contributed by atoms with Gasteiger partial charge in [0.2, 0.25) is 10.0 Å². The van der Waals surface area contributed by atoms with Gasteiger partial charge in [-0.15, -0.1) is 0 Å². The van der Waals surface area contributed by atoms with Crippen LogP contribution in [0.3, 0.4) is 0 Å². The Labute approximate surface area is 187 Å². The molecule has 0 bridgehead atoms. The van der Waals surface area contributed by atoms with Crippen molar-refractivity contribution in [2.75, 3.05) is 19.3 Å². The van der Waals surface area contributed by atoms with Crippen LogP contribution < -0.4 is 0 Å². The quantitative estimate of drug-likeness (QED) is 0.593. The van der Waals surface area contributed by atoms with Crippen LogP contribution in [0.1, 0.15) is 51.2 Å². The molecule has 1 unspecified atom stereocenters. The van der Waals surface area contributed by atoms with Crippen molar-refractivity contribution in [2.24, 2.45) is 11.8 Å². The molecule has 1 saturated heterocycles. The number of benzene rings is 1. The first-order valence-electron chi connectivity index (χ1n) is 10.2. The van der Waals surface area contributed by atoms with E-state index in [0.717, 1.165) is 37.1 Å². The summed E-state index contributed by atoms with van der Waals surface area (Å²) in [6.07, 6.45) is 10.2. The fraction of sp³-hybridized carbons (Fsp3) is 0.522. The summed E-state index contributed by atoms with van der Waals surface area (Å²) >= 11 is 5.71. The standard InChI is InChI=1S/C8H6ClN.C8H17NO2S.C7H10O/c1-6-2-3-7(5-10)8(9)4-6;1-7(2)8-4-5-9(6-8)12(3,10)11;1-2-7-5-3-4-6-8-7/h2-4H,1H3;7-8H,4-6H2,1-3H3;4-6H,2-3H2,1H3. The van der Waals surface area contributed by atoms with E-state index in [2.05, 4.69) is 26.8 Å². The van der Waals surface area contributed by atoms with E-state index in [-0.39, 0.29) is 0 Å². The first-order chi connectivity index (χ1) is 14.1. The van der Waals surface area contributed by atoms with E-state index >= 15 is 0 Å². The zero-order valence-electron chi connectivity index (χ0n) is 18.6. The number of hydrogen-bond donors (Lipinski definition) is 0. The Hall–Kier alpha value is -1.81. The highest BCUT2D eigenvalue weighted by Gasteiger charge is 2.29. The number of nitriles is 1. The average Bonchev–Trinajstić information content (AvgIpc) is 3.21. The summed E-state index contributed by atoms with van der Waals surface area (Å²) in [7, 11) is -2.94. The van der Waals surface area contributed by atoms with E-state index in [0.29, 0.717) is 29.0 Å². The Morgan fingerprint density at radius 1 is 1.37 bits per heavy atom. The normalized spacial score (nSPS) is 18.3. The van der Waals surface area contributed by atoms with E-state index < -0.39 is 10.0 Å². The van der Waals surface area contributed by atoms with Crippen LogP contribution in [-0.4, -0.2) is 32.1 Å². The van der Waals surface area contributed by atoms with E-state index in [1.165, 1.54) is 6.26 Å². The van der Waals surface area contributed by atoms with Gasteiger partial charge in [-0.05, 0) is 61.4 Å². The number of ether oxygens (including phenoxy) is 1. The fourth-order valence-corrected chi connectivity index (χ4v) is 4.15. The van der Waals surface area contributed by atoms with Crippen LogP contribution in [0.2, 0.25) is 5.02 Å². The number of allylic oxidation sites excluding steroid dienone is 3. The first-order valence-corrected chi connectivity index (χ1v) is 12.4. The molecule has 1 aromatic carbocycles. The number of aryl methyl sites for hydroxylation is 1. The Morgan fingerprint density at radius 2 is 2.07 bits per heavy atom. The number of sulfonamides is 1. The third kappa shape index (κ3) is 9.34. The Morgan fingerprint density at radius 3 is 2.43 bits per heavy atom. The molecule has 0 saturated carbocycles. The van der Waals surface area contributed by atoms with Gasteiger partial charge in [0, 0.05) is 19.5 Å². The molecule has 0 radical (unpaired) electrons. The van der Waals surface area contributed by atoms with Crippen LogP contribution in [0.4, 0.5) is 0 Å². The lowest BCUT2D eigenvalue weighted by Gasteiger charge is -2.15. The maximum absolute atomic E-state index is 11.1. The van der Waals surface area contributed by atoms with Crippen molar-refractivity contribution in [3.63, 3.8) is 0 Å². The van der Waals surface area contributed by atoms with Gasteiger partial charge in [0.05, 0.1) is 28.9 Å². The fourth-order valence-electron chi connectivity index (χ4n) is 2.98. The molecule has 166 valence electrons. The topological polar surface area (TPSA) is 70.4 Å². The molecule has 0 spiro atoms. The third-order valence-corrected chi connectivity index (χ3v) is 6.57. The Bertz CT molecular complexity index is 886. The number of hydrogen-bond acceptors (Lipinski definition) is 4. The average molecular weight is 453 g/mol. The van der Waals surface area contributed by atoms with Gasteiger partial charge in [0.1, 0.15) is 6.07 Å². The molecule has 2 aliphatic rings. The van der Waals surface area contributed by atoms with Gasteiger partial charge in [-0.3, -0.25) is 0 Å². The van der Waals surface area contributed by atoms with Gasteiger partial charge < -0.3 is 4.74 Å². The van der Waals surface area contributed by atoms with Crippen molar-refractivity contribution < 1.29 is 13.2 Å². The van der Waals surface area contributed by atoms with Crippen molar-refractivity contribution in [3.8, 4) is 6.07 Å². The van der Waals surface area contributed by atoms with Gasteiger partial charge in [-0.1, -0.05) is 38.4 Å². The number of rotatable bonds is 3. The molecule has 2 aliphatic heterocycles. The molecule has 5 nitrogen and oxygen atoms in total. The molecule has 7 heteroatoms. The van der Waals surface area contributed by atoms with Crippen molar-refractivity contribution >= 4 is 21.6 Å². The highest BCUT2D eigenvalue weighted by Crippen LogP contribution is 2.24. The van der Waals surface area contributed by atoms with E-state index in [9.17, 15) is 8.42 Å². The second kappa shape index (κ2) is 12.8. The maximum atomic E-state index is 11.1. The Kier molecular flexibility index (Phi) is 11.2. The first kappa shape index (κ1) is 26.2. The number of halogens is 1. The Balaban J connectivity index is 0.000000230. The molecule has 3 rings (SSSR count). The minimum atomic E-state index is -2.94. The number of nitrogens with zero attached hydrogens (tertiary/aromatic N) is 2. The maximum Gasteiger partial charge on any atom is 0.211 e. The van der Waals surface area contributed by atoms with Crippen LogP contribution in [0.5, 0.6) is 0 Å². The zero-order valence-corrected chi connectivity index (χ0v) is 20.1. The van der Waals surface area contributed by atoms with Gasteiger partial charge in [0.25, 0.3) is 0 Å². The van der Waals surface area contributed by atoms with Gasteiger partial charge in [0.15, 0.2) is 0 Å². The predicted octanol–water partition coefficient (Wildman–Crippen LogP) is 5.66. The van der Waals surface area contributed by atoms with E-state index in [1.807, 2.05) is 25.1 Å². The molecule has 0 aromatic heterocycles. The molecule has 1 aromatic rings. The van der Waals surface area contributed by atoms with Crippen molar-refractivity contribution in [3.05, 3.63) is 58.5 Å². The van der Waals surface area contributed by atoms with Crippen LogP contribution >= 0.6 is 11.6 Å². The largest absolute Gasteiger partial charge is 0.470 e. The lowest BCUT2D eigenvalue weighted by Crippen LogP contribution is -2.28. The predicted molar refractivity (Wildman–Crippen MR) is 123 cm³/mol. The summed E-state index contributed by atoms with van der Waals surface area (Å²) in [5.74, 6) is 2.24. The highest BCUT2D eigenvalue weighted by atomic mass is 35.5. The summed E-state index contributed by atoms with van der Waals surface area (Å²) < 4.78 is 28.9. The van der Waals surface area contributed by atoms with Crippen molar-refractivity contribution in [2.45, 2.75) is 47.0 Å². The van der Waals surface area contributed by atoms with Crippen LogP contribution in [-0.2, 0) is 14.8 Å². The third-order valence-electron chi connectivity index (χ3n) is 4.99. The lowest BCUT2D eigenvalue weighted by molar-refractivity contribution is 0.329. The van der Waals surface area contributed by atoms with Gasteiger partial charge >= 0.3 is 0 Å². The van der Waals surface area contributed by atoms with E-state index in [1.54, 1.807) is 22.7 Å². The summed E-state index contributed by atoms with van der Waals surface area (Å²) in [5.41, 5.74) is 1.61. The molecular weight excluding hydrogens is 420 g/mol. The second-order valence-corrected chi connectivity index (χ2v) is 10.1. The van der Waals surface area contributed by atoms with Crippen molar-refractivity contribution in [1.82, 2.24) is 4.31 Å². The molecular formula is C23H33ClN2O3S. The minimum absolute atomic E-state index is 0.530. The zero-order chi connectivity index (χ0) is 22.7. The molecule has 2 heterocycles. The SMILES string of the molecule is CC(C)C1CCN(S(C)(=O)=O)C1.CCC1=CCC=CO1.Cc1ccc(C#N)c(Cl)c1. The monoisotopic (exact) mass is 452 g/mol. The second-order valence-electron chi connectivity index (χ2n) is 7.76. The molecule has 0 aliphatic carbocycles. The summed E-state index contributed by atoms with van der Waals surface area (Å²) in [6, 6.07) is 7.35. The lowest BCUT2D eigenvalue weighted by atomic mass is 9.96. The van der Waals surface area contributed by atoms with Gasteiger partial charge in [-0.2, -0.15) is 5.26 Å². The molecule has 0 amide bonds. The van der Waals surface area contributed by atoms with Crippen LogP contribution in [0.15, 0.2) is 42.4 Å². The molecule has 0 N–H and O–H groups in total.